The van der Waals surface area contributed by atoms with Gasteiger partial charge in [-0.25, -0.2) is 0 Å². The van der Waals surface area contributed by atoms with E-state index in [0.29, 0.717) is 18.0 Å². The van der Waals surface area contributed by atoms with Crippen LogP contribution in [0.3, 0.4) is 0 Å². The van der Waals surface area contributed by atoms with E-state index >= 15 is 0 Å². The van der Waals surface area contributed by atoms with E-state index in [2.05, 4.69) is 41.2 Å². The molecule has 0 aromatic carbocycles. The topological polar surface area (TPSA) is 46.6 Å². The van der Waals surface area contributed by atoms with Gasteiger partial charge in [0.15, 0.2) is 0 Å². The van der Waals surface area contributed by atoms with Crippen LogP contribution < -0.4 is 0 Å². The van der Waals surface area contributed by atoms with Gasteiger partial charge in [-0.3, -0.25) is 9.59 Å². The second-order valence-corrected chi connectivity index (χ2v) is 7.39. The summed E-state index contributed by atoms with van der Waals surface area (Å²) in [7, 11) is 1.34. The van der Waals surface area contributed by atoms with Crippen LogP contribution >= 0.6 is 33.9 Å². The lowest BCUT2D eigenvalue weighted by Gasteiger charge is -2.25. The number of hydrogen-bond acceptors (Lipinski definition) is 4. The average molecular weight is 409 g/mol. The molecule has 0 fully saturated rings. The molecule has 0 saturated carbocycles. The van der Waals surface area contributed by atoms with Crippen molar-refractivity contribution < 1.29 is 14.3 Å². The molecule has 1 heterocycles. The second-order valence-electron chi connectivity index (χ2n) is 4.58. The molecule has 0 bridgehead atoms. The Hall–Kier alpha value is -0.630. The molecule has 0 aliphatic heterocycles. The Morgan fingerprint density at radius 1 is 1.40 bits per heavy atom. The number of hydrogen-bond donors (Lipinski definition) is 0. The van der Waals surface area contributed by atoms with E-state index in [4.69, 9.17) is 0 Å². The largest absolute Gasteiger partial charge is 0.468 e. The summed E-state index contributed by atoms with van der Waals surface area (Å²) in [5.74, 6) is -0.0722. The molecule has 0 aliphatic rings. The minimum Gasteiger partial charge on any atom is -0.468 e. The SMILES string of the molecule is CCC(CC)CN(CC(=O)OC)C(=O)c1csc(I)c1. The molecule has 0 saturated heterocycles. The van der Waals surface area contributed by atoms with Crippen molar-refractivity contribution in [2.24, 2.45) is 5.92 Å². The Kier molecular flexibility index (Phi) is 7.50. The maximum Gasteiger partial charge on any atom is 0.325 e. The van der Waals surface area contributed by atoms with Crippen LogP contribution in [-0.4, -0.2) is 37.0 Å². The standard InChI is InChI=1S/C14H20INO3S/c1-4-10(5-2)7-16(8-13(17)19-3)14(18)11-6-12(15)20-9-11/h6,9-10H,4-5,7-8H2,1-3H3. The normalized spacial score (nSPS) is 10.7. The first kappa shape index (κ1) is 17.4. The van der Waals surface area contributed by atoms with Gasteiger partial charge >= 0.3 is 5.97 Å². The van der Waals surface area contributed by atoms with Gasteiger partial charge in [-0.15, -0.1) is 11.3 Å². The zero-order valence-electron chi connectivity index (χ0n) is 12.0. The maximum atomic E-state index is 12.5. The van der Waals surface area contributed by atoms with Crippen molar-refractivity contribution in [1.82, 2.24) is 4.90 Å². The van der Waals surface area contributed by atoms with E-state index in [1.54, 1.807) is 4.90 Å². The molecule has 0 spiro atoms. The Bertz CT molecular complexity index is 457. The third kappa shape index (κ3) is 5.05. The molecule has 1 aromatic heterocycles. The van der Waals surface area contributed by atoms with Gasteiger partial charge in [-0.05, 0) is 34.6 Å². The quantitative estimate of drug-likeness (QED) is 0.512. The zero-order chi connectivity index (χ0) is 15.1. The van der Waals surface area contributed by atoms with Gasteiger partial charge in [-0.2, -0.15) is 0 Å². The van der Waals surface area contributed by atoms with Gasteiger partial charge in [0.1, 0.15) is 6.54 Å². The minimum atomic E-state index is -0.380. The lowest BCUT2D eigenvalue weighted by atomic mass is 10.0. The van der Waals surface area contributed by atoms with Crippen LogP contribution in [0.1, 0.15) is 37.0 Å². The Morgan fingerprint density at radius 2 is 2.05 bits per heavy atom. The monoisotopic (exact) mass is 409 g/mol. The van der Waals surface area contributed by atoms with Gasteiger partial charge < -0.3 is 9.64 Å². The van der Waals surface area contributed by atoms with E-state index in [9.17, 15) is 9.59 Å². The number of amides is 1. The molecule has 0 N–H and O–H groups in total. The van der Waals surface area contributed by atoms with Crippen LogP contribution in [0.4, 0.5) is 0 Å². The number of methoxy groups -OCH3 is 1. The first-order chi connectivity index (χ1) is 9.51. The molecule has 0 atom stereocenters. The van der Waals surface area contributed by atoms with E-state index in [1.807, 2.05) is 11.4 Å². The van der Waals surface area contributed by atoms with Gasteiger partial charge in [0.25, 0.3) is 5.91 Å². The number of halogens is 1. The van der Waals surface area contributed by atoms with E-state index in [0.717, 1.165) is 15.7 Å². The fraction of sp³-hybridized carbons (Fsp3) is 0.571. The summed E-state index contributed by atoms with van der Waals surface area (Å²) in [6.45, 7) is 4.80. The molecule has 0 radical (unpaired) electrons. The van der Waals surface area contributed by atoms with E-state index in [1.165, 1.54) is 18.4 Å². The summed E-state index contributed by atoms with van der Waals surface area (Å²) >= 11 is 3.71. The van der Waals surface area contributed by atoms with Crippen LogP contribution in [0.15, 0.2) is 11.4 Å². The lowest BCUT2D eigenvalue weighted by Crippen LogP contribution is -2.39. The van der Waals surface area contributed by atoms with Crippen molar-refractivity contribution >= 4 is 45.8 Å². The molecule has 6 heteroatoms. The number of carbonyl (C=O) groups is 2. The average Bonchev–Trinajstić information content (AvgIpc) is 2.88. The third-order valence-corrected chi connectivity index (χ3v) is 5.07. The zero-order valence-corrected chi connectivity index (χ0v) is 15.0. The van der Waals surface area contributed by atoms with Gasteiger partial charge in [0.2, 0.25) is 0 Å². The smallest absolute Gasteiger partial charge is 0.325 e. The van der Waals surface area contributed by atoms with Crippen LogP contribution in [0.5, 0.6) is 0 Å². The highest BCUT2D eigenvalue weighted by Gasteiger charge is 2.22. The highest BCUT2D eigenvalue weighted by atomic mass is 127. The molecule has 4 nitrogen and oxygen atoms in total. The van der Waals surface area contributed by atoms with Crippen LogP contribution in [0.2, 0.25) is 0 Å². The van der Waals surface area contributed by atoms with Crippen LogP contribution in [-0.2, 0) is 9.53 Å². The Morgan fingerprint density at radius 3 is 2.50 bits per heavy atom. The lowest BCUT2D eigenvalue weighted by molar-refractivity contribution is -0.141. The number of ether oxygens (including phenoxy) is 1. The first-order valence-electron chi connectivity index (χ1n) is 6.61. The molecule has 1 rings (SSSR count). The Balaban J connectivity index is 2.85. The number of carbonyl (C=O) groups excluding carboxylic acids is 2. The van der Waals surface area contributed by atoms with Gasteiger partial charge in [-0.1, -0.05) is 26.7 Å². The molecular weight excluding hydrogens is 389 g/mol. The van der Waals surface area contributed by atoms with E-state index < -0.39 is 0 Å². The fourth-order valence-electron chi connectivity index (χ4n) is 1.90. The first-order valence-corrected chi connectivity index (χ1v) is 8.57. The summed E-state index contributed by atoms with van der Waals surface area (Å²) in [6, 6.07) is 1.85. The number of rotatable bonds is 7. The summed E-state index contributed by atoms with van der Waals surface area (Å²) in [5.41, 5.74) is 0.647. The highest BCUT2D eigenvalue weighted by Crippen LogP contribution is 2.19. The summed E-state index contributed by atoms with van der Waals surface area (Å²) in [4.78, 5) is 25.6. The molecule has 1 aromatic rings. The van der Waals surface area contributed by atoms with Crippen molar-refractivity contribution in [2.45, 2.75) is 26.7 Å². The molecule has 112 valence electrons. The van der Waals surface area contributed by atoms with Crippen molar-refractivity contribution in [3.8, 4) is 0 Å². The summed E-state index contributed by atoms with van der Waals surface area (Å²) < 4.78 is 5.75. The van der Waals surface area contributed by atoms with Crippen molar-refractivity contribution in [1.29, 1.82) is 0 Å². The maximum absolute atomic E-state index is 12.5. The predicted molar refractivity (Wildman–Crippen MR) is 89.0 cm³/mol. The fourth-order valence-corrected chi connectivity index (χ4v) is 3.22. The Labute approximate surface area is 137 Å². The second kappa shape index (κ2) is 8.61. The molecule has 0 aliphatic carbocycles. The van der Waals surface area contributed by atoms with Gasteiger partial charge in [0.05, 0.1) is 15.6 Å². The van der Waals surface area contributed by atoms with E-state index in [-0.39, 0.29) is 18.4 Å². The van der Waals surface area contributed by atoms with Crippen LogP contribution in [0, 0.1) is 8.80 Å². The van der Waals surface area contributed by atoms with Gasteiger partial charge in [0, 0.05) is 11.9 Å². The number of esters is 1. The third-order valence-electron chi connectivity index (χ3n) is 3.28. The molecular formula is C14H20INO3S. The highest BCUT2D eigenvalue weighted by molar-refractivity contribution is 14.1. The number of thiophene rings is 1. The van der Waals surface area contributed by atoms with Crippen LogP contribution in [0.25, 0.3) is 0 Å². The predicted octanol–water partition coefficient (Wildman–Crippen LogP) is 3.40. The summed E-state index contributed by atoms with van der Waals surface area (Å²) in [6.07, 6.45) is 1.98. The van der Waals surface area contributed by atoms with Crippen molar-refractivity contribution in [3.05, 3.63) is 19.9 Å². The molecule has 20 heavy (non-hydrogen) atoms. The minimum absolute atomic E-state index is 0.0122. The molecule has 0 unspecified atom stereocenters. The van der Waals surface area contributed by atoms with Crippen molar-refractivity contribution in [3.63, 3.8) is 0 Å². The summed E-state index contributed by atoms with van der Waals surface area (Å²) in [5, 5.41) is 1.83. The molecule has 1 amide bonds. The number of nitrogens with zero attached hydrogens (tertiary/aromatic N) is 1. The van der Waals surface area contributed by atoms with Crippen molar-refractivity contribution in [2.75, 3.05) is 20.2 Å².